The Labute approximate surface area is 356 Å². The third kappa shape index (κ3) is 5.50. The molecule has 1 aliphatic carbocycles. The molecule has 0 bridgehead atoms. The molecule has 0 N–H and O–H groups in total. The Hall–Kier alpha value is -7.94. The molecular formula is C59H39NO. The number of nitrogens with zero attached hydrogens (tertiary/aromatic N) is 1. The standard InChI is InChI=1S/C59H39NO/c1-2-16-40(17-3-1)47-22-6-7-23-48(47)42-32-35-45(36-33-42)60(56-30-15-19-41-18-4-5-24-49(41)56)46-21-14-20-43(38-46)44-34-37-55-58(39-44)61-57-31-13-12-29-54(57)59(55)52-27-10-8-25-50(52)51-26-9-11-28-53(51)59/h1-39H. The van der Waals surface area contributed by atoms with Gasteiger partial charge in [0.2, 0.25) is 0 Å². The lowest BCUT2D eigenvalue weighted by molar-refractivity contribution is 0.436. The van der Waals surface area contributed by atoms with E-state index >= 15 is 0 Å². The van der Waals surface area contributed by atoms with E-state index in [9.17, 15) is 0 Å². The molecule has 0 amide bonds. The lowest BCUT2D eigenvalue weighted by Crippen LogP contribution is -2.32. The van der Waals surface area contributed by atoms with Gasteiger partial charge in [-0.25, -0.2) is 0 Å². The first-order chi connectivity index (χ1) is 30.3. The quantitative estimate of drug-likeness (QED) is 0.167. The van der Waals surface area contributed by atoms with Crippen LogP contribution in [0.15, 0.2) is 237 Å². The van der Waals surface area contributed by atoms with E-state index in [1.807, 2.05) is 0 Å². The van der Waals surface area contributed by atoms with Gasteiger partial charge in [0.1, 0.15) is 11.5 Å². The number of ether oxygens (including phenoxy) is 1. The number of hydrogen-bond acceptors (Lipinski definition) is 2. The maximum atomic E-state index is 6.89. The molecule has 0 fully saturated rings. The van der Waals surface area contributed by atoms with Gasteiger partial charge in [0.05, 0.1) is 11.1 Å². The molecule has 61 heavy (non-hydrogen) atoms. The van der Waals surface area contributed by atoms with Crippen molar-refractivity contribution >= 4 is 27.8 Å². The zero-order valence-corrected chi connectivity index (χ0v) is 33.4. The Kier molecular flexibility index (Phi) is 8.11. The van der Waals surface area contributed by atoms with Crippen molar-refractivity contribution in [1.29, 1.82) is 0 Å². The Bertz CT molecular complexity index is 3240. The van der Waals surface area contributed by atoms with Crippen molar-refractivity contribution < 1.29 is 4.74 Å². The minimum atomic E-state index is -0.489. The monoisotopic (exact) mass is 777 g/mol. The van der Waals surface area contributed by atoms with Crippen LogP contribution in [-0.2, 0) is 5.41 Å². The van der Waals surface area contributed by atoms with Crippen LogP contribution in [0.4, 0.5) is 17.1 Å². The van der Waals surface area contributed by atoms with Crippen LogP contribution in [0, 0.1) is 0 Å². The Morgan fingerprint density at radius 2 is 0.836 bits per heavy atom. The molecule has 2 aliphatic rings. The van der Waals surface area contributed by atoms with Gasteiger partial charge in [0, 0.05) is 27.9 Å². The molecule has 1 spiro atoms. The summed E-state index contributed by atoms with van der Waals surface area (Å²) in [6.45, 7) is 0. The zero-order chi connectivity index (χ0) is 40.3. The van der Waals surface area contributed by atoms with Crippen molar-refractivity contribution in [3.63, 3.8) is 0 Å². The average Bonchev–Trinajstić information content (AvgIpc) is 3.63. The highest BCUT2D eigenvalue weighted by Crippen LogP contribution is 2.62. The first kappa shape index (κ1) is 35.0. The maximum absolute atomic E-state index is 6.89. The lowest BCUT2D eigenvalue weighted by atomic mass is 9.66. The second kappa shape index (κ2) is 14.1. The van der Waals surface area contributed by atoms with Crippen molar-refractivity contribution in [2.24, 2.45) is 0 Å². The van der Waals surface area contributed by atoms with E-state index in [0.717, 1.165) is 45.3 Å². The molecule has 2 heteroatoms. The van der Waals surface area contributed by atoms with Gasteiger partial charge in [-0.15, -0.1) is 0 Å². The molecule has 10 aromatic rings. The Balaban J connectivity index is 0.991. The smallest absolute Gasteiger partial charge is 0.132 e. The fraction of sp³-hybridized carbons (Fsp3) is 0.0169. The molecule has 0 saturated carbocycles. The van der Waals surface area contributed by atoms with Crippen LogP contribution in [-0.4, -0.2) is 0 Å². The molecule has 0 aromatic heterocycles. The summed E-state index contributed by atoms with van der Waals surface area (Å²) in [5, 5.41) is 2.39. The van der Waals surface area contributed by atoms with E-state index in [4.69, 9.17) is 4.74 Å². The first-order valence-electron chi connectivity index (χ1n) is 21.0. The summed E-state index contributed by atoms with van der Waals surface area (Å²) < 4.78 is 6.89. The number of para-hydroxylation sites is 1. The zero-order valence-electron chi connectivity index (χ0n) is 33.4. The normalized spacial score (nSPS) is 12.9. The van der Waals surface area contributed by atoms with Crippen molar-refractivity contribution in [2.45, 2.75) is 5.41 Å². The third-order valence-electron chi connectivity index (χ3n) is 12.7. The SMILES string of the molecule is c1ccc(-c2ccccc2-c2ccc(N(c3cccc(-c4ccc5c(c4)Oc4ccccc4C54c5ccccc5-c5ccccc54)c3)c3cccc4ccccc34)cc2)cc1. The second-order valence-corrected chi connectivity index (χ2v) is 16.0. The van der Waals surface area contributed by atoms with Crippen molar-refractivity contribution in [3.8, 4) is 56.0 Å². The predicted molar refractivity (Wildman–Crippen MR) is 252 cm³/mol. The molecule has 2 nitrogen and oxygen atoms in total. The average molecular weight is 778 g/mol. The van der Waals surface area contributed by atoms with Gasteiger partial charge in [-0.2, -0.15) is 0 Å². The molecule has 0 radical (unpaired) electrons. The van der Waals surface area contributed by atoms with E-state index in [2.05, 4.69) is 241 Å². The summed E-state index contributed by atoms with van der Waals surface area (Å²) in [7, 11) is 0. The Morgan fingerprint density at radius 1 is 0.311 bits per heavy atom. The van der Waals surface area contributed by atoms with Gasteiger partial charge in [-0.05, 0) is 103 Å². The highest BCUT2D eigenvalue weighted by Gasteiger charge is 2.50. The van der Waals surface area contributed by atoms with Crippen LogP contribution in [0.25, 0.3) is 55.3 Å². The molecule has 1 aliphatic heterocycles. The number of anilines is 3. The molecule has 0 atom stereocenters. The van der Waals surface area contributed by atoms with Crippen LogP contribution in [0.5, 0.6) is 11.5 Å². The highest BCUT2D eigenvalue weighted by atomic mass is 16.5. The summed E-state index contributed by atoms with van der Waals surface area (Å²) in [6, 6.07) is 85.7. The van der Waals surface area contributed by atoms with Crippen LogP contribution in [0.2, 0.25) is 0 Å². The van der Waals surface area contributed by atoms with E-state index in [1.165, 1.54) is 60.8 Å². The predicted octanol–water partition coefficient (Wildman–Crippen LogP) is 15.8. The summed E-state index contributed by atoms with van der Waals surface area (Å²) in [4.78, 5) is 2.39. The second-order valence-electron chi connectivity index (χ2n) is 16.0. The third-order valence-corrected chi connectivity index (χ3v) is 12.7. The topological polar surface area (TPSA) is 12.5 Å². The Morgan fingerprint density at radius 3 is 1.59 bits per heavy atom. The van der Waals surface area contributed by atoms with Crippen molar-refractivity contribution in [1.82, 2.24) is 0 Å². The number of fused-ring (bicyclic) bond motifs is 10. The molecule has 0 unspecified atom stereocenters. The number of hydrogen-bond donors (Lipinski definition) is 0. The van der Waals surface area contributed by atoms with Crippen LogP contribution >= 0.6 is 0 Å². The summed E-state index contributed by atoms with van der Waals surface area (Å²) in [5.41, 5.74) is 17.3. The lowest BCUT2D eigenvalue weighted by Gasteiger charge is -2.39. The molecule has 10 aromatic carbocycles. The highest BCUT2D eigenvalue weighted by molar-refractivity contribution is 5.99. The largest absolute Gasteiger partial charge is 0.457 e. The molecule has 12 rings (SSSR count). The number of benzene rings is 10. The van der Waals surface area contributed by atoms with Gasteiger partial charge in [0.15, 0.2) is 0 Å². The first-order valence-corrected chi connectivity index (χ1v) is 21.0. The fourth-order valence-corrected chi connectivity index (χ4v) is 10.1. The molecule has 0 saturated heterocycles. The van der Waals surface area contributed by atoms with Crippen LogP contribution in [0.1, 0.15) is 22.3 Å². The summed E-state index contributed by atoms with van der Waals surface area (Å²) in [5.74, 6) is 1.77. The number of rotatable bonds is 6. The minimum absolute atomic E-state index is 0.489. The molecular weight excluding hydrogens is 739 g/mol. The van der Waals surface area contributed by atoms with Crippen LogP contribution in [0.3, 0.4) is 0 Å². The van der Waals surface area contributed by atoms with Gasteiger partial charge in [-0.1, -0.05) is 194 Å². The van der Waals surface area contributed by atoms with Gasteiger partial charge < -0.3 is 9.64 Å². The van der Waals surface area contributed by atoms with E-state index in [0.29, 0.717) is 0 Å². The van der Waals surface area contributed by atoms with Gasteiger partial charge in [-0.3, -0.25) is 0 Å². The fourth-order valence-electron chi connectivity index (χ4n) is 10.1. The summed E-state index contributed by atoms with van der Waals surface area (Å²) in [6.07, 6.45) is 0. The molecule has 286 valence electrons. The maximum Gasteiger partial charge on any atom is 0.132 e. The summed E-state index contributed by atoms with van der Waals surface area (Å²) >= 11 is 0. The minimum Gasteiger partial charge on any atom is -0.457 e. The van der Waals surface area contributed by atoms with Crippen LogP contribution < -0.4 is 9.64 Å². The van der Waals surface area contributed by atoms with Crippen molar-refractivity contribution in [2.75, 3.05) is 4.90 Å². The van der Waals surface area contributed by atoms with Gasteiger partial charge in [0.25, 0.3) is 0 Å². The van der Waals surface area contributed by atoms with E-state index < -0.39 is 5.41 Å². The molecule has 1 heterocycles. The van der Waals surface area contributed by atoms with Gasteiger partial charge >= 0.3 is 0 Å². The van der Waals surface area contributed by atoms with E-state index in [1.54, 1.807) is 0 Å². The van der Waals surface area contributed by atoms with E-state index in [-0.39, 0.29) is 0 Å². The van der Waals surface area contributed by atoms with Crippen molar-refractivity contribution in [3.05, 3.63) is 259 Å².